The minimum absolute atomic E-state index is 0.112. The zero-order valence-electron chi connectivity index (χ0n) is 10.6. The molecule has 0 unspecified atom stereocenters. The van der Waals surface area contributed by atoms with E-state index in [1.807, 2.05) is 0 Å². The zero-order valence-corrected chi connectivity index (χ0v) is 11.4. The molecule has 104 valence electrons. The first-order valence-electron chi connectivity index (χ1n) is 5.45. The highest BCUT2D eigenvalue weighted by Crippen LogP contribution is 2.33. The van der Waals surface area contributed by atoms with Crippen LogP contribution in [-0.4, -0.2) is 31.9 Å². The van der Waals surface area contributed by atoms with Crippen molar-refractivity contribution in [2.24, 2.45) is 0 Å². The fourth-order valence-corrected chi connectivity index (χ4v) is 2.33. The number of nitro groups is 1. The molecule has 0 aliphatic rings. The Hall–Kier alpha value is -2.49. The Labute approximate surface area is 117 Å². The zero-order chi connectivity index (χ0) is 14.7. The minimum atomic E-state index is -0.557. The molecular formula is C10H10N6O3S. The molecule has 0 aliphatic carbocycles. The number of hydrogen-bond acceptors (Lipinski definition) is 8. The van der Waals surface area contributed by atoms with Crippen LogP contribution < -0.4 is 10.9 Å². The molecule has 0 radical (unpaired) electrons. The van der Waals surface area contributed by atoms with Crippen molar-refractivity contribution < 1.29 is 4.92 Å². The molecule has 0 atom stereocenters. The fraction of sp³-hybridized carbons (Fsp3) is 0.200. The van der Waals surface area contributed by atoms with Gasteiger partial charge in [-0.05, 0) is 18.7 Å². The van der Waals surface area contributed by atoms with Crippen LogP contribution in [0.25, 0.3) is 0 Å². The third-order valence-corrected chi connectivity index (χ3v) is 3.15. The number of H-pyrrole nitrogens is 1. The van der Waals surface area contributed by atoms with Gasteiger partial charge in [0.05, 0.1) is 4.92 Å². The molecule has 0 fully saturated rings. The number of nitrogens with one attached hydrogen (secondary N) is 2. The van der Waals surface area contributed by atoms with Gasteiger partial charge in [0.2, 0.25) is 5.95 Å². The van der Waals surface area contributed by atoms with E-state index in [1.165, 1.54) is 19.2 Å². The molecule has 2 N–H and O–H groups in total. The summed E-state index contributed by atoms with van der Waals surface area (Å²) in [6, 6.07) is 1.25. The van der Waals surface area contributed by atoms with Crippen LogP contribution in [0.1, 0.15) is 5.69 Å². The van der Waals surface area contributed by atoms with Crippen molar-refractivity contribution in [2.45, 2.75) is 17.1 Å². The van der Waals surface area contributed by atoms with Crippen molar-refractivity contribution in [3.63, 3.8) is 0 Å². The minimum Gasteiger partial charge on any atom is -0.357 e. The molecule has 0 saturated carbocycles. The standard InChI is InChI=1S/C10H10N6O3S/c1-5-7(16(18)19)8(15-9(11-2)13-5)20-10-12-4-3-6(17)14-10/h3-4H,1-2H3,(H,11,13,15)(H,12,14,17). The molecule has 0 spiro atoms. The van der Waals surface area contributed by atoms with Crippen LogP contribution in [0.4, 0.5) is 11.6 Å². The Balaban J connectivity index is 2.51. The topological polar surface area (TPSA) is 127 Å². The average molecular weight is 294 g/mol. The fourth-order valence-electron chi connectivity index (χ4n) is 1.43. The monoisotopic (exact) mass is 294 g/mol. The highest BCUT2D eigenvalue weighted by molar-refractivity contribution is 7.99. The highest BCUT2D eigenvalue weighted by Gasteiger charge is 2.23. The largest absolute Gasteiger partial charge is 0.357 e. The summed E-state index contributed by atoms with van der Waals surface area (Å²) in [4.78, 5) is 36.1. The van der Waals surface area contributed by atoms with Crippen molar-refractivity contribution in [3.05, 3.63) is 38.4 Å². The van der Waals surface area contributed by atoms with Crippen LogP contribution in [0.3, 0.4) is 0 Å². The molecule has 0 saturated heterocycles. The van der Waals surface area contributed by atoms with Crippen LogP contribution in [0, 0.1) is 17.0 Å². The summed E-state index contributed by atoms with van der Waals surface area (Å²) in [5.74, 6) is 0.258. The van der Waals surface area contributed by atoms with Crippen LogP contribution in [0.2, 0.25) is 0 Å². The smallest absolute Gasteiger partial charge is 0.322 e. The van der Waals surface area contributed by atoms with Crippen molar-refractivity contribution in [2.75, 3.05) is 12.4 Å². The maximum absolute atomic E-state index is 11.2. The molecule has 9 nitrogen and oxygen atoms in total. The molecule has 0 bridgehead atoms. The Morgan fingerprint density at radius 2 is 2.20 bits per heavy atom. The predicted molar refractivity (Wildman–Crippen MR) is 72.0 cm³/mol. The van der Waals surface area contributed by atoms with E-state index in [-0.39, 0.29) is 33.1 Å². The van der Waals surface area contributed by atoms with E-state index in [4.69, 9.17) is 0 Å². The lowest BCUT2D eigenvalue weighted by Gasteiger charge is -2.06. The van der Waals surface area contributed by atoms with Gasteiger partial charge in [0.25, 0.3) is 5.56 Å². The van der Waals surface area contributed by atoms with Gasteiger partial charge in [0.15, 0.2) is 10.2 Å². The normalized spacial score (nSPS) is 10.3. The summed E-state index contributed by atoms with van der Waals surface area (Å²) in [5, 5.41) is 14.2. The average Bonchev–Trinajstić information content (AvgIpc) is 2.37. The van der Waals surface area contributed by atoms with E-state index in [0.717, 1.165) is 11.8 Å². The lowest BCUT2D eigenvalue weighted by Crippen LogP contribution is -2.07. The molecule has 0 aromatic carbocycles. The van der Waals surface area contributed by atoms with E-state index in [2.05, 4.69) is 25.3 Å². The van der Waals surface area contributed by atoms with Crippen LogP contribution in [-0.2, 0) is 0 Å². The van der Waals surface area contributed by atoms with E-state index in [9.17, 15) is 14.9 Å². The van der Waals surface area contributed by atoms with Crippen LogP contribution in [0.15, 0.2) is 27.2 Å². The molecule has 0 aliphatic heterocycles. The molecule has 0 amide bonds. The van der Waals surface area contributed by atoms with Gasteiger partial charge in [-0.3, -0.25) is 14.9 Å². The van der Waals surface area contributed by atoms with Gasteiger partial charge in [0.1, 0.15) is 5.69 Å². The third-order valence-electron chi connectivity index (χ3n) is 2.27. The molecule has 2 rings (SSSR count). The number of aromatic amines is 1. The summed E-state index contributed by atoms with van der Waals surface area (Å²) in [6.45, 7) is 1.52. The maximum Gasteiger partial charge on any atom is 0.322 e. The van der Waals surface area contributed by atoms with E-state index < -0.39 is 4.92 Å². The second-order valence-electron chi connectivity index (χ2n) is 3.63. The lowest BCUT2D eigenvalue weighted by molar-refractivity contribution is -0.389. The van der Waals surface area contributed by atoms with Gasteiger partial charge in [0, 0.05) is 19.3 Å². The molecule has 2 aromatic rings. The molecule has 20 heavy (non-hydrogen) atoms. The predicted octanol–water partition coefficient (Wildman–Crippen LogP) is 0.969. The number of rotatable bonds is 4. The highest BCUT2D eigenvalue weighted by atomic mass is 32.2. The lowest BCUT2D eigenvalue weighted by atomic mass is 10.4. The van der Waals surface area contributed by atoms with Crippen molar-refractivity contribution in [1.82, 2.24) is 19.9 Å². The van der Waals surface area contributed by atoms with Gasteiger partial charge >= 0.3 is 5.69 Å². The Kier molecular flexibility index (Phi) is 3.94. The molecular weight excluding hydrogens is 284 g/mol. The van der Waals surface area contributed by atoms with Gasteiger partial charge in [-0.2, -0.15) is 4.98 Å². The Bertz CT molecular complexity index is 716. The van der Waals surface area contributed by atoms with E-state index in [0.29, 0.717) is 0 Å². The molecule has 2 aromatic heterocycles. The third kappa shape index (κ3) is 2.91. The van der Waals surface area contributed by atoms with E-state index >= 15 is 0 Å². The second-order valence-corrected chi connectivity index (χ2v) is 4.61. The summed E-state index contributed by atoms with van der Waals surface area (Å²) in [7, 11) is 1.61. The van der Waals surface area contributed by atoms with Gasteiger partial charge in [-0.1, -0.05) is 0 Å². The number of anilines is 1. The molecule has 10 heteroatoms. The van der Waals surface area contributed by atoms with Crippen molar-refractivity contribution in [1.29, 1.82) is 0 Å². The number of aromatic nitrogens is 4. The SMILES string of the molecule is CNc1nc(C)c([N+](=O)[O-])c(Sc2nccc(=O)[nH]2)n1. The summed E-state index contributed by atoms with van der Waals surface area (Å²) in [5.41, 5.74) is -0.319. The van der Waals surface area contributed by atoms with Gasteiger partial charge in [-0.25, -0.2) is 9.97 Å². The number of nitrogens with zero attached hydrogens (tertiary/aromatic N) is 4. The summed E-state index contributed by atoms with van der Waals surface area (Å²) in [6.07, 6.45) is 1.32. The van der Waals surface area contributed by atoms with Gasteiger partial charge < -0.3 is 10.3 Å². The first-order valence-corrected chi connectivity index (χ1v) is 6.27. The first kappa shape index (κ1) is 13.9. The number of hydrogen-bond donors (Lipinski definition) is 2. The van der Waals surface area contributed by atoms with E-state index in [1.54, 1.807) is 7.05 Å². The molecule has 2 heterocycles. The Morgan fingerprint density at radius 1 is 1.45 bits per heavy atom. The summed E-state index contributed by atoms with van der Waals surface area (Å²) >= 11 is 0.901. The van der Waals surface area contributed by atoms with Crippen molar-refractivity contribution >= 4 is 23.4 Å². The van der Waals surface area contributed by atoms with Gasteiger partial charge in [-0.15, -0.1) is 0 Å². The quantitative estimate of drug-likeness (QED) is 0.369. The Morgan fingerprint density at radius 3 is 2.80 bits per heavy atom. The van der Waals surface area contributed by atoms with Crippen LogP contribution >= 0.6 is 11.8 Å². The van der Waals surface area contributed by atoms with Crippen molar-refractivity contribution in [3.8, 4) is 0 Å². The number of aryl methyl sites for hydroxylation is 1. The maximum atomic E-state index is 11.2. The summed E-state index contributed by atoms with van der Waals surface area (Å²) < 4.78 is 0. The first-order chi connectivity index (χ1) is 9.51. The second kappa shape index (κ2) is 5.65. The van der Waals surface area contributed by atoms with Crippen LogP contribution in [0.5, 0.6) is 0 Å².